The molecule has 1 N–H and O–H groups in total. The minimum atomic E-state index is -0.590. The van der Waals surface area contributed by atoms with Gasteiger partial charge in [0.25, 0.3) is 11.5 Å². The Kier molecular flexibility index (Phi) is 4.86. The summed E-state index contributed by atoms with van der Waals surface area (Å²) in [7, 11) is 0. The van der Waals surface area contributed by atoms with Gasteiger partial charge in [-0.1, -0.05) is 12.1 Å². The van der Waals surface area contributed by atoms with Crippen LogP contribution in [0.5, 0.6) is 0 Å². The van der Waals surface area contributed by atoms with Gasteiger partial charge in [-0.3, -0.25) is 9.59 Å². The molecule has 2 heterocycles. The van der Waals surface area contributed by atoms with Crippen molar-refractivity contribution in [3.8, 4) is 5.69 Å². The quantitative estimate of drug-likeness (QED) is 0.722. The molecule has 0 aliphatic rings. The molecule has 8 heteroatoms. The van der Waals surface area contributed by atoms with Crippen LogP contribution in [0.2, 0.25) is 0 Å². The molecule has 0 radical (unpaired) electrons. The highest BCUT2D eigenvalue weighted by molar-refractivity contribution is 9.11. The van der Waals surface area contributed by atoms with Crippen molar-refractivity contribution < 1.29 is 9.18 Å². The SMILES string of the molecule is O=C(NCc1ccc(Br)s1)c1ccc(=O)n(-c2ccccc2F)n1. The minimum absolute atomic E-state index is 0.000614. The molecular weight excluding hydrogens is 397 g/mol. The first-order valence-electron chi connectivity index (χ1n) is 6.92. The van der Waals surface area contributed by atoms with Crippen molar-refractivity contribution in [2.24, 2.45) is 0 Å². The summed E-state index contributed by atoms with van der Waals surface area (Å²) in [5.74, 6) is -1.03. The highest BCUT2D eigenvalue weighted by Gasteiger charge is 2.12. The van der Waals surface area contributed by atoms with Gasteiger partial charge in [0.1, 0.15) is 17.2 Å². The van der Waals surface area contributed by atoms with E-state index in [9.17, 15) is 14.0 Å². The summed E-state index contributed by atoms with van der Waals surface area (Å²) >= 11 is 4.86. The Morgan fingerprint density at radius 1 is 1.21 bits per heavy atom. The molecule has 0 spiro atoms. The van der Waals surface area contributed by atoms with Crippen molar-refractivity contribution in [3.05, 3.63) is 79.1 Å². The van der Waals surface area contributed by atoms with Crippen LogP contribution in [-0.2, 0) is 6.54 Å². The average molecular weight is 408 g/mol. The third-order valence-corrected chi connectivity index (χ3v) is 4.79. The van der Waals surface area contributed by atoms with Crippen LogP contribution in [0.15, 0.2) is 57.1 Å². The first-order chi connectivity index (χ1) is 11.5. The largest absolute Gasteiger partial charge is 0.346 e. The number of hydrogen-bond acceptors (Lipinski definition) is 4. The highest BCUT2D eigenvalue weighted by Crippen LogP contribution is 2.21. The monoisotopic (exact) mass is 407 g/mol. The van der Waals surface area contributed by atoms with E-state index in [4.69, 9.17) is 0 Å². The van der Waals surface area contributed by atoms with Gasteiger partial charge in [-0.25, -0.2) is 4.39 Å². The maximum absolute atomic E-state index is 13.9. The van der Waals surface area contributed by atoms with Crippen LogP contribution in [-0.4, -0.2) is 15.7 Å². The number of carbonyl (C=O) groups excluding carboxylic acids is 1. The van der Waals surface area contributed by atoms with Crippen molar-refractivity contribution in [1.82, 2.24) is 15.1 Å². The minimum Gasteiger partial charge on any atom is -0.346 e. The first-order valence-corrected chi connectivity index (χ1v) is 8.53. The normalized spacial score (nSPS) is 10.6. The molecule has 0 aliphatic heterocycles. The van der Waals surface area contributed by atoms with Crippen molar-refractivity contribution in [2.75, 3.05) is 0 Å². The third kappa shape index (κ3) is 3.60. The Morgan fingerprint density at radius 2 is 2.00 bits per heavy atom. The van der Waals surface area contributed by atoms with Crippen molar-refractivity contribution >= 4 is 33.2 Å². The van der Waals surface area contributed by atoms with Crippen molar-refractivity contribution in [2.45, 2.75) is 6.54 Å². The van der Waals surface area contributed by atoms with Crippen LogP contribution in [0.25, 0.3) is 5.69 Å². The molecule has 1 amide bonds. The fourth-order valence-corrected chi connectivity index (χ4v) is 3.46. The smallest absolute Gasteiger partial charge is 0.272 e. The van der Waals surface area contributed by atoms with Crippen LogP contribution in [0.3, 0.4) is 0 Å². The number of thiophene rings is 1. The molecule has 0 aliphatic carbocycles. The second-order valence-electron chi connectivity index (χ2n) is 4.81. The summed E-state index contributed by atoms with van der Waals surface area (Å²) in [4.78, 5) is 25.1. The van der Waals surface area contributed by atoms with Crippen LogP contribution in [0, 0.1) is 5.82 Å². The lowest BCUT2D eigenvalue weighted by atomic mass is 10.3. The third-order valence-electron chi connectivity index (χ3n) is 3.17. The molecule has 0 saturated carbocycles. The molecule has 1 aromatic carbocycles. The number of nitrogens with one attached hydrogen (secondary N) is 1. The molecule has 5 nitrogen and oxygen atoms in total. The van der Waals surface area contributed by atoms with Gasteiger partial charge in [0.15, 0.2) is 0 Å². The maximum atomic E-state index is 13.9. The standard InChI is InChI=1S/C16H11BrFN3O2S/c17-14-7-5-10(24-14)9-19-16(23)12-6-8-15(22)21(20-12)13-4-2-1-3-11(13)18/h1-8H,9H2,(H,19,23). The number of hydrogen-bond donors (Lipinski definition) is 1. The summed E-state index contributed by atoms with van der Waals surface area (Å²) in [5.41, 5.74) is -0.480. The van der Waals surface area contributed by atoms with Gasteiger partial charge >= 0.3 is 0 Å². The number of nitrogens with zero attached hydrogens (tertiary/aromatic N) is 2. The van der Waals surface area contributed by atoms with Crippen LogP contribution >= 0.6 is 27.3 Å². The van der Waals surface area contributed by atoms with Crippen LogP contribution in [0.4, 0.5) is 4.39 Å². The Morgan fingerprint density at radius 3 is 2.71 bits per heavy atom. The van der Waals surface area contributed by atoms with E-state index in [0.29, 0.717) is 6.54 Å². The van der Waals surface area contributed by atoms with E-state index in [1.165, 1.54) is 41.7 Å². The summed E-state index contributed by atoms with van der Waals surface area (Å²) < 4.78 is 15.7. The molecule has 3 aromatic rings. The zero-order valence-corrected chi connectivity index (χ0v) is 14.6. The van der Waals surface area contributed by atoms with Crippen LogP contribution in [0.1, 0.15) is 15.4 Å². The summed E-state index contributed by atoms with van der Waals surface area (Å²) in [6.45, 7) is 0.343. The van der Waals surface area contributed by atoms with E-state index in [1.807, 2.05) is 12.1 Å². The topological polar surface area (TPSA) is 64.0 Å². The summed E-state index contributed by atoms with van der Waals surface area (Å²) in [6.07, 6.45) is 0. The Bertz CT molecular complexity index is 954. The summed E-state index contributed by atoms with van der Waals surface area (Å²) in [6, 6.07) is 12.0. The predicted octanol–water partition coefficient (Wildman–Crippen LogP) is 3.13. The van der Waals surface area contributed by atoms with E-state index in [1.54, 1.807) is 6.07 Å². The Balaban J connectivity index is 1.84. The number of rotatable bonds is 4. The van der Waals surface area contributed by atoms with Gasteiger partial charge in [-0.05, 0) is 46.3 Å². The van der Waals surface area contributed by atoms with Crippen LogP contribution < -0.4 is 10.9 Å². The van der Waals surface area contributed by atoms with E-state index in [2.05, 4.69) is 26.3 Å². The fraction of sp³-hybridized carbons (Fsp3) is 0.0625. The molecule has 24 heavy (non-hydrogen) atoms. The fourth-order valence-electron chi connectivity index (χ4n) is 2.03. The molecule has 0 unspecified atom stereocenters. The molecule has 122 valence electrons. The molecule has 0 atom stereocenters. The van der Waals surface area contributed by atoms with E-state index >= 15 is 0 Å². The molecule has 2 aromatic heterocycles. The van der Waals surface area contributed by atoms with E-state index < -0.39 is 17.3 Å². The maximum Gasteiger partial charge on any atom is 0.272 e. The molecule has 0 saturated heterocycles. The Labute approximate surface area is 148 Å². The number of para-hydroxylation sites is 1. The predicted molar refractivity (Wildman–Crippen MR) is 93.0 cm³/mol. The van der Waals surface area contributed by atoms with Crippen molar-refractivity contribution in [3.63, 3.8) is 0 Å². The van der Waals surface area contributed by atoms with Crippen molar-refractivity contribution in [1.29, 1.82) is 0 Å². The Hall–Kier alpha value is -2.32. The van der Waals surface area contributed by atoms with Gasteiger partial charge < -0.3 is 5.32 Å². The van der Waals surface area contributed by atoms with Gasteiger partial charge in [0.2, 0.25) is 0 Å². The second kappa shape index (κ2) is 7.06. The lowest BCUT2D eigenvalue weighted by Crippen LogP contribution is -2.28. The number of benzene rings is 1. The molecule has 0 fully saturated rings. The number of amides is 1. The molecule has 3 rings (SSSR count). The average Bonchev–Trinajstić information content (AvgIpc) is 2.99. The lowest BCUT2D eigenvalue weighted by Gasteiger charge is -2.08. The highest BCUT2D eigenvalue weighted by atomic mass is 79.9. The van der Waals surface area contributed by atoms with Gasteiger partial charge in [0, 0.05) is 10.9 Å². The number of halogens is 2. The molecule has 0 bridgehead atoms. The second-order valence-corrected chi connectivity index (χ2v) is 7.36. The van der Waals surface area contributed by atoms with Gasteiger partial charge in [-0.15, -0.1) is 11.3 Å². The first kappa shape index (κ1) is 16.5. The lowest BCUT2D eigenvalue weighted by molar-refractivity contribution is 0.0944. The molecular formula is C16H11BrFN3O2S. The van der Waals surface area contributed by atoms with Gasteiger partial charge in [0.05, 0.1) is 10.3 Å². The zero-order valence-electron chi connectivity index (χ0n) is 12.2. The zero-order chi connectivity index (χ0) is 17.1. The van der Waals surface area contributed by atoms with E-state index in [0.717, 1.165) is 13.3 Å². The van der Waals surface area contributed by atoms with E-state index in [-0.39, 0.29) is 11.4 Å². The number of carbonyl (C=O) groups is 1. The van der Waals surface area contributed by atoms with Gasteiger partial charge in [-0.2, -0.15) is 9.78 Å². The number of aromatic nitrogens is 2. The summed E-state index contributed by atoms with van der Waals surface area (Å²) in [5, 5.41) is 6.69.